The number of benzene rings is 1. The van der Waals surface area contributed by atoms with Gasteiger partial charge in [0, 0.05) is 25.4 Å². The highest BCUT2D eigenvalue weighted by Crippen LogP contribution is 2.29. The monoisotopic (exact) mass is 262 g/mol. The van der Waals surface area contributed by atoms with E-state index in [1.165, 1.54) is 0 Å². The predicted octanol–water partition coefficient (Wildman–Crippen LogP) is 1.75. The summed E-state index contributed by atoms with van der Waals surface area (Å²) in [6.45, 7) is 2.24. The highest BCUT2D eigenvalue weighted by atomic mass is 16.5. The third-order valence-corrected chi connectivity index (χ3v) is 3.74. The molecule has 0 radical (unpaired) electrons. The second-order valence-corrected chi connectivity index (χ2v) is 4.97. The van der Waals surface area contributed by atoms with Gasteiger partial charge in [-0.3, -0.25) is 4.79 Å². The van der Waals surface area contributed by atoms with E-state index >= 15 is 0 Å². The van der Waals surface area contributed by atoms with E-state index in [0.29, 0.717) is 13.0 Å². The zero-order valence-corrected chi connectivity index (χ0v) is 11.5. The highest BCUT2D eigenvalue weighted by molar-refractivity contribution is 5.77. The summed E-state index contributed by atoms with van der Waals surface area (Å²) in [5.41, 5.74) is 6.88. The molecule has 2 rings (SSSR count). The second-order valence-electron chi connectivity index (χ2n) is 4.97. The van der Waals surface area contributed by atoms with Crippen LogP contribution in [0.1, 0.15) is 30.7 Å². The summed E-state index contributed by atoms with van der Waals surface area (Å²) in [5, 5.41) is 0. The molecule has 1 fully saturated rings. The number of para-hydroxylation sites is 1. The van der Waals surface area contributed by atoms with Crippen LogP contribution in [0.3, 0.4) is 0 Å². The number of ether oxygens (including phenoxy) is 1. The molecule has 4 nitrogen and oxygen atoms in total. The average Bonchev–Trinajstić information content (AvgIpc) is 2.98. The number of amides is 1. The molecule has 19 heavy (non-hydrogen) atoms. The average molecular weight is 262 g/mol. The summed E-state index contributed by atoms with van der Waals surface area (Å²) in [6, 6.07) is 7.80. The maximum absolute atomic E-state index is 12.2. The molecule has 0 saturated carbocycles. The van der Waals surface area contributed by atoms with Crippen LogP contribution < -0.4 is 10.5 Å². The quantitative estimate of drug-likeness (QED) is 0.879. The van der Waals surface area contributed by atoms with E-state index in [1.54, 1.807) is 7.11 Å². The van der Waals surface area contributed by atoms with E-state index in [2.05, 4.69) is 0 Å². The number of hydrogen-bond acceptors (Lipinski definition) is 3. The van der Waals surface area contributed by atoms with Crippen LogP contribution >= 0.6 is 0 Å². The molecule has 0 aliphatic carbocycles. The van der Waals surface area contributed by atoms with Crippen molar-refractivity contribution in [2.24, 2.45) is 5.73 Å². The van der Waals surface area contributed by atoms with Gasteiger partial charge in [-0.1, -0.05) is 18.2 Å². The van der Waals surface area contributed by atoms with Gasteiger partial charge in [-0.25, -0.2) is 0 Å². The lowest BCUT2D eigenvalue weighted by molar-refractivity contribution is -0.130. The third-order valence-electron chi connectivity index (χ3n) is 3.74. The van der Waals surface area contributed by atoms with E-state index in [-0.39, 0.29) is 11.8 Å². The second kappa shape index (κ2) is 6.57. The fourth-order valence-electron chi connectivity index (χ4n) is 2.63. The van der Waals surface area contributed by atoms with Crippen LogP contribution in [-0.2, 0) is 4.79 Å². The largest absolute Gasteiger partial charge is 0.496 e. The summed E-state index contributed by atoms with van der Waals surface area (Å²) in [4.78, 5) is 14.2. The maximum Gasteiger partial charge on any atom is 0.223 e. The Labute approximate surface area is 114 Å². The lowest BCUT2D eigenvalue weighted by Gasteiger charge is -2.21. The first-order valence-corrected chi connectivity index (χ1v) is 6.87. The van der Waals surface area contributed by atoms with Gasteiger partial charge in [0.25, 0.3) is 0 Å². The first-order chi connectivity index (χ1) is 9.26. The Morgan fingerprint density at radius 3 is 2.68 bits per heavy atom. The highest BCUT2D eigenvalue weighted by Gasteiger charge is 2.23. The topological polar surface area (TPSA) is 55.6 Å². The van der Waals surface area contributed by atoms with Crippen LogP contribution in [0.2, 0.25) is 0 Å². The molecular formula is C15H22N2O2. The number of nitrogens with two attached hydrogens (primary N) is 1. The predicted molar refractivity (Wildman–Crippen MR) is 75.2 cm³/mol. The Hall–Kier alpha value is -1.55. The van der Waals surface area contributed by atoms with Crippen LogP contribution in [0.15, 0.2) is 24.3 Å². The Bertz CT molecular complexity index is 428. The molecule has 0 bridgehead atoms. The van der Waals surface area contributed by atoms with E-state index < -0.39 is 0 Å². The molecule has 0 spiro atoms. The summed E-state index contributed by atoms with van der Waals surface area (Å²) in [7, 11) is 1.65. The van der Waals surface area contributed by atoms with Crippen molar-refractivity contribution < 1.29 is 9.53 Å². The molecule has 1 saturated heterocycles. The van der Waals surface area contributed by atoms with Crippen molar-refractivity contribution in [3.8, 4) is 5.75 Å². The Morgan fingerprint density at radius 2 is 2.05 bits per heavy atom. The summed E-state index contributed by atoms with van der Waals surface area (Å²) in [6.07, 6.45) is 2.71. The molecule has 4 heteroatoms. The van der Waals surface area contributed by atoms with E-state index in [1.807, 2.05) is 29.2 Å². The molecule has 2 N–H and O–H groups in total. The van der Waals surface area contributed by atoms with Crippen molar-refractivity contribution in [3.63, 3.8) is 0 Å². The van der Waals surface area contributed by atoms with Gasteiger partial charge in [0.15, 0.2) is 0 Å². The Balaban J connectivity index is 2.08. The van der Waals surface area contributed by atoms with Gasteiger partial charge in [0.1, 0.15) is 5.75 Å². The van der Waals surface area contributed by atoms with E-state index in [0.717, 1.165) is 37.2 Å². The fraction of sp³-hybridized carbons (Fsp3) is 0.533. The van der Waals surface area contributed by atoms with Gasteiger partial charge >= 0.3 is 0 Å². The maximum atomic E-state index is 12.2. The number of nitrogens with zero attached hydrogens (tertiary/aromatic N) is 1. The lowest BCUT2D eigenvalue weighted by Crippen LogP contribution is -2.30. The van der Waals surface area contributed by atoms with E-state index in [9.17, 15) is 4.79 Å². The molecule has 1 aromatic carbocycles. The van der Waals surface area contributed by atoms with Gasteiger partial charge in [0.05, 0.1) is 7.11 Å². The van der Waals surface area contributed by atoms with Crippen LogP contribution in [0.4, 0.5) is 0 Å². The number of carbonyl (C=O) groups excluding carboxylic acids is 1. The van der Waals surface area contributed by atoms with Gasteiger partial charge in [-0.2, -0.15) is 0 Å². The van der Waals surface area contributed by atoms with Gasteiger partial charge in [-0.15, -0.1) is 0 Å². The van der Waals surface area contributed by atoms with Gasteiger partial charge < -0.3 is 15.4 Å². The van der Waals surface area contributed by atoms with Crippen molar-refractivity contribution in [3.05, 3.63) is 29.8 Å². The lowest BCUT2D eigenvalue weighted by atomic mass is 9.94. The zero-order valence-electron chi connectivity index (χ0n) is 11.5. The Kier molecular flexibility index (Phi) is 4.80. The molecule has 1 amide bonds. The minimum absolute atomic E-state index is 0.0317. The SMILES string of the molecule is COc1ccccc1C(CN)CC(=O)N1CCCC1. The molecule has 1 unspecified atom stereocenters. The minimum Gasteiger partial charge on any atom is -0.496 e. The number of rotatable bonds is 5. The van der Waals surface area contributed by atoms with E-state index in [4.69, 9.17) is 10.5 Å². The molecular weight excluding hydrogens is 240 g/mol. The van der Waals surface area contributed by atoms with Gasteiger partial charge in [-0.05, 0) is 31.0 Å². The van der Waals surface area contributed by atoms with Crippen molar-refractivity contribution in [2.45, 2.75) is 25.2 Å². The molecule has 1 heterocycles. The summed E-state index contributed by atoms with van der Waals surface area (Å²) in [5.74, 6) is 1.05. The van der Waals surface area contributed by atoms with Crippen molar-refractivity contribution in [1.29, 1.82) is 0 Å². The Morgan fingerprint density at radius 1 is 1.37 bits per heavy atom. The minimum atomic E-state index is 0.0317. The van der Waals surface area contributed by atoms with Crippen LogP contribution in [0, 0.1) is 0 Å². The van der Waals surface area contributed by atoms with Gasteiger partial charge in [0.2, 0.25) is 5.91 Å². The first kappa shape index (κ1) is 13.9. The number of methoxy groups -OCH3 is 1. The standard InChI is InChI=1S/C15H22N2O2/c1-19-14-7-3-2-6-13(14)12(11-16)10-15(18)17-8-4-5-9-17/h2-3,6-7,12H,4-5,8-11,16H2,1H3. The number of hydrogen-bond donors (Lipinski definition) is 1. The van der Waals surface area contributed by atoms with Crippen molar-refractivity contribution in [1.82, 2.24) is 4.90 Å². The third kappa shape index (κ3) is 3.26. The molecule has 1 atom stereocenters. The first-order valence-electron chi connectivity index (χ1n) is 6.87. The van der Waals surface area contributed by atoms with Crippen LogP contribution in [-0.4, -0.2) is 37.6 Å². The smallest absolute Gasteiger partial charge is 0.223 e. The van der Waals surface area contributed by atoms with Crippen molar-refractivity contribution >= 4 is 5.91 Å². The van der Waals surface area contributed by atoms with Crippen LogP contribution in [0.25, 0.3) is 0 Å². The summed E-state index contributed by atoms with van der Waals surface area (Å²) >= 11 is 0. The summed E-state index contributed by atoms with van der Waals surface area (Å²) < 4.78 is 5.35. The normalized spacial score (nSPS) is 16.4. The van der Waals surface area contributed by atoms with Crippen LogP contribution in [0.5, 0.6) is 5.75 Å². The molecule has 1 aliphatic heterocycles. The zero-order chi connectivity index (χ0) is 13.7. The fourth-order valence-corrected chi connectivity index (χ4v) is 2.63. The number of likely N-dealkylation sites (tertiary alicyclic amines) is 1. The molecule has 1 aromatic rings. The molecule has 104 valence electrons. The molecule has 1 aliphatic rings. The van der Waals surface area contributed by atoms with Crippen molar-refractivity contribution in [2.75, 3.05) is 26.7 Å². The molecule has 0 aromatic heterocycles. The number of carbonyl (C=O) groups is 1.